The summed E-state index contributed by atoms with van der Waals surface area (Å²) in [6.45, 7) is 3.57. The molecule has 176 valence electrons. The van der Waals surface area contributed by atoms with Crippen LogP contribution in [0.4, 0.5) is 10.1 Å². The maximum atomic E-state index is 13.7. The van der Waals surface area contributed by atoms with Crippen molar-refractivity contribution in [1.29, 1.82) is 0 Å². The Labute approximate surface area is 196 Å². The summed E-state index contributed by atoms with van der Waals surface area (Å²) >= 11 is 0. The summed E-state index contributed by atoms with van der Waals surface area (Å²) in [6, 6.07) is 11.7. The Kier molecular flexibility index (Phi) is 5.91. The maximum absolute atomic E-state index is 13.7. The fraction of sp³-hybridized carbons (Fsp3) is 0.346. The lowest BCUT2D eigenvalue weighted by molar-refractivity contribution is -0.130. The van der Waals surface area contributed by atoms with Crippen molar-refractivity contribution in [1.82, 2.24) is 9.47 Å². The van der Waals surface area contributed by atoms with Gasteiger partial charge in [-0.05, 0) is 49.6 Å². The molecule has 2 aromatic carbocycles. The van der Waals surface area contributed by atoms with Crippen LogP contribution in [0.5, 0.6) is 0 Å². The third kappa shape index (κ3) is 3.98. The van der Waals surface area contributed by atoms with E-state index in [0.717, 1.165) is 17.7 Å². The van der Waals surface area contributed by atoms with Gasteiger partial charge in [-0.15, -0.1) is 0 Å². The first-order chi connectivity index (χ1) is 16.4. The van der Waals surface area contributed by atoms with Gasteiger partial charge in [-0.3, -0.25) is 14.4 Å². The zero-order valence-electron chi connectivity index (χ0n) is 19.0. The van der Waals surface area contributed by atoms with E-state index < -0.39 is 11.7 Å². The molecule has 2 aliphatic heterocycles. The predicted octanol–water partition coefficient (Wildman–Crippen LogP) is 3.19. The van der Waals surface area contributed by atoms with E-state index in [1.165, 1.54) is 17.0 Å². The number of anilines is 1. The largest absolute Gasteiger partial charge is 0.378 e. The lowest BCUT2D eigenvalue weighted by Gasteiger charge is -2.35. The predicted molar refractivity (Wildman–Crippen MR) is 125 cm³/mol. The van der Waals surface area contributed by atoms with E-state index in [-0.39, 0.29) is 29.9 Å². The smallest absolute Gasteiger partial charge is 0.295 e. The maximum Gasteiger partial charge on any atom is 0.295 e. The van der Waals surface area contributed by atoms with Gasteiger partial charge in [0, 0.05) is 41.9 Å². The van der Waals surface area contributed by atoms with Crippen molar-refractivity contribution in [2.45, 2.75) is 32.4 Å². The molecule has 1 saturated heterocycles. The Morgan fingerprint density at radius 1 is 1.09 bits per heavy atom. The lowest BCUT2D eigenvalue weighted by Crippen LogP contribution is -2.44. The van der Waals surface area contributed by atoms with Crippen LogP contribution >= 0.6 is 0 Å². The molecule has 1 fully saturated rings. The molecule has 0 radical (unpaired) electrons. The first-order valence-corrected chi connectivity index (χ1v) is 11.5. The number of hydrogen-bond donors (Lipinski definition) is 0. The van der Waals surface area contributed by atoms with E-state index in [1.54, 1.807) is 27.8 Å². The van der Waals surface area contributed by atoms with Crippen molar-refractivity contribution in [3.05, 3.63) is 65.6 Å². The molecule has 0 saturated carbocycles. The molecule has 3 heterocycles. The number of benzene rings is 2. The van der Waals surface area contributed by atoms with E-state index in [1.807, 2.05) is 25.1 Å². The van der Waals surface area contributed by atoms with Gasteiger partial charge in [-0.1, -0.05) is 18.2 Å². The topological polar surface area (TPSA) is 71.9 Å². The third-order valence-corrected chi connectivity index (χ3v) is 6.67. The van der Waals surface area contributed by atoms with Crippen LogP contribution in [0, 0.1) is 5.82 Å². The van der Waals surface area contributed by atoms with Crippen molar-refractivity contribution >= 4 is 34.2 Å². The Balaban J connectivity index is 1.46. The molecule has 1 atom stereocenters. The van der Waals surface area contributed by atoms with E-state index in [9.17, 15) is 18.8 Å². The number of fused-ring (bicyclic) bond motifs is 2. The molecule has 34 heavy (non-hydrogen) atoms. The highest BCUT2D eigenvalue weighted by Crippen LogP contribution is 2.32. The van der Waals surface area contributed by atoms with Crippen LogP contribution in [0.2, 0.25) is 0 Å². The van der Waals surface area contributed by atoms with Crippen molar-refractivity contribution in [2.24, 2.45) is 0 Å². The number of hydrogen-bond acceptors (Lipinski definition) is 4. The van der Waals surface area contributed by atoms with Crippen LogP contribution in [0.25, 0.3) is 10.9 Å². The third-order valence-electron chi connectivity index (χ3n) is 6.67. The Hall–Kier alpha value is -3.52. The summed E-state index contributed by atoms with van der Waals surface area (Å²) in [5.74, 6) is -1.61. The second kappa shape index (κ2) is 9.02. The number of ether oxygens (including phenoxy) is 1. The highest BCUT2D eigenvalue weighted by molar-refractivity contribution is 6.44. The summed E-state index contributed by atoms with van der Waals surface area (Å²) in [6.07, 6.45) is 3.06. The second-order valence-corrected chi connectivity index (χ2v) is 8.85. The van der Waals surface area contributed by atoms with Gasteiger partial charge in [0.2, 0.25) is 5.91 Å². The minimum Gasteiger partial charge on any atom is -0.378 e. The van der Waals surface area contributed by atoms with Crippen LogP contribution in [0.15, 0.2) is 48.7 Å². The summed E-state index contributed by atoms with van der Waals surface area (Å²) in [7, 11) is 0. The van der Waals surface area contributed by atoms with E-state index >= 15 is 0 Å². The Morgan fingerprint density at radius 2 is 1.85 bits per heavy atom. The molecule has 8 heteroatoms. The molecule has 7 nitrogen and oxygen atoms in total. The van der Waals surface area contributed by atoms with Gasteiger partial charge in [0.15, 0.2) is 0 Å². The van der Waals surface area contributed by atoms with E-state index in [2.05, 4.69) is 0 Å². The monoisotopic (exact) mass is 463 g/mol. The van der Waals surface area contributed by atoms with Gasteiger partial charge in [0.25, 0.3) is 11.7 Å². The molecule has 0 unspecified atom stereocenters. The number of Topliss-reactive ketones (excluding diaryl/α,β-unsaturated/α-hetero) is 1. The van der Waals surface area contributed by atoms with Gasteiger partial charge in [-0.2, -0.15) is 0 Å². The van der Waals surface area contributed by atoms with Gasteiger partial charge in [0.1, 0.15) is 12.4 Å². The highest BCUT2D eigenvalue weighted by Gasteiger charge is 2.31. The Morgan fingerprint density at radius 3 is 2.65 bits per heavy atom. The fourth-order valence-corrected chi connectivity index (χ4v) is 4.91. The number of aromatic nitrogens is 1. The molecule has 2 aliphatic rings. The molecule has 0 bridgehead atoms. The highest BCUT2D eigenvalue weighted by atomic mass is 19.1. The summed E-state index contributed by atoms with van der Waals surface area (Å²) < 4.78 is 20.7. The van der Waals surface area contributed by atoms with Crippen LogP contribution in [0.3, 0.4) is 0 Å². The van der Waals surface area contributed by atoms with Crippen molar-refractivity contribution in [3.8, 4) is 0 Å². The number of para-hydroxylation sites is 1. The molecule has 5 rings (SSSR count). The molecular weight excluding hydrogens is 437 g/mol. The lowest BCUT2D eigenvalue weighted by atomic mass is 9.96. The first-order valence-electron chi connectivity index (χ1n) is 11.5. The summed E-state index contributed by atoms with van der Waals surface area (Å²) in [4.78, 5) is 42.7. The van der Waals surface area contributed by atoms with Crippen molar-refractivity contribution < 1.29 is 23.5 Å². The van der Waals surface area contributed by atoms with Crippen LogP contribution < -0.4 is 4.90 Å². The molecule has 2 amide bonds. The minimum atomic E-state index is -0.587. The average molecular weight is 464 g/mol. The fourth-order valence-electron chi connectivity index (χ4n) is 4.91. The summed E-state index contributed by atoms with van der Waals surface area (Å²) in [5, 5.41) is 0.635. The standard InChI is InChI=1S/C26H26FN3O4/c1-17-6-7-18-14-19(27)8-9-22(18)30(17)24(31)16-29-15-21(20-4-2-3-5-23(20)29)25(32)26(33)28-10-12-34-13-11-28/h2-5,8-9,14-15,17H,6-7,10-13,16H2,1H3/t17-/m1/s1. The van der Waals surface area contributed by atoms with Crippen molar-refractivity contribution in [3.63, 3.8) is 0 Å². The van der Waals surface area contributed by atoms with E-state index in [0.29, 0.717) is 43.6 Å². The number of amides is 2. The Bertz CT molecular complexity index is 1280. The number of halogens is 1. The van der Waals surface area contributed by atoms with Crippen LogP contribution in [0.1, 0.15) is 29.3 Å². The second-order valence-electron chi connectivity index (χ2n) is 8.85. The number of rotatable bonds is 4. The normalized spacial score (nSPS) is 18.1. The van der Waals surface area contributed by atoms with Crippen LogP contribution in [-0.4, -0.2) is 59.4 Å². The molecular formula is C26H26FN3O4. The molecule has 1 aromatic heterocycles. The first kappa shape index (κ1) is 22.3. The average Bonchev–Trinajstić information content (AvgIpc) is 3.22. The zero-order chi connectivity index (χ0) is 23.8. The quantitative estimate of drug-likeness (QED) is 0.440. The van der Waals surface area contributed by atoms with Gasteiger partial charge < -0.3 is 19.1 Å². The van der Waals surface area contributed by atoms with Gasteiger partial charge >= 0.3 is 0 Å². The number of ketones is 1. The molecule has 0 N–H and O–H groups in total. The number of carbonyl (C=O) groups excluding carboxylic acids is 3. The number of aryl methyl sites for hydroxylation is 1. The number of morpholine rings is 1. The summed E-state index contributed by atoms with van der Waals surface area (Å²) in [5.41, 5.74) is 2.53. The SMILES string of the molecule is C[C@@H]1CCc2cc(F)ccc2N1C(=O)Cn1cc(C(=O)C(=O)N2CCOCC2)c2ccccc21. The molecule has 0 spiro atoms. The molecule has 0 aliphatic carbocycles. The minimum absolute atomic E-state index is 0.000689. The zero-order valence-corrected chi connectivity index (χ0v) is 19.0. The van der Waals surface area contributed by atoms with E-state index in [4.69, 9.17) is 4.74 Å². The van der Waals surface area contributed by atoms with Crippen LogP contribution in [-0.2, 0) is 27.3 Å². The van der Waals surface area contributed by atoms with Gasteiger partial charge in [0.05, 0.1) is 18.8 Å². The van der Waals surface area contributed by atoms with Crippen molar-refractivity contribution in [2.75, 3.05) is 31.2 Å². The van der Waals surface area contributed by atoms with Gasteiger partial charge in [-0.25, -0.2) is 4.39 Å². The number of carbonyl (C=O) groups is 3. The molecule has 3 aromatic rings. The number of nitrogens with zero attached hydrogens (tertiary/aromatic N) is 3.